The second-order valence-corrected chi connectivity index (χ2v) is 5.66. The van der Waals surface area contributed by atoms with E-state index >= 15 is 0 Å². The zero-order valence-corrected chi connectivity index (χ0v) is 13.0. The number of Topliss-reactive ketones (excluding diaryl/α,β-unsaturated/α-hetero) is 1. The van der Waals surface area contributed by atoms with Crippen LogP contribution >= 0.6 is 0 Å². The number of carbonyl (C=O) groups is 1. The summed E-state index contributed by atoms with van der Waals surface area (Å²) >= 11 is 0. The Morgan fingerprint density at radius 2 is 1.71 bits per heavy atom. The molecule has 1 aromatic rings. The van der Waals surface area contributed by atoms with E-state index in [0.29, 0.717) is 5.96 Å². The predicted molar refractivity (Wildman–Crippen MR) is 87.0 cm³/mol. The number of guanidine groups is 1. The molecule has 2 rings (SSSR count). The number of hydrogen-bond donors (Lipinski definition) is 1. The molecular formula is C16H24N4O. The first-order valence-corrected chi connectivity index (χ1v) is 7.41. The van der Waals surface area contributed by atoms with Crippen LogP contribution in [0.15, 0.2) is 29.3 Å². The van der Waals surface area contributed by atoms with Crippen molar-refractivity contribution in [1.29, 1.82) is 0 Å². The third kappa shape index (κ3) is 3.97. The summed E-state index contributed by atoms with van der Waals surface area (Å²) in [5.74, 6) is 0.737. The van der Waals surface area contributed by atoms with Gasteiger partial charge >= 0.3 is 0 Å². The number of aliphatic imine (C=N–C) groups is 1. The number of nitrogens with two attached hydrogens (primary N) is 1. The van der Waals surface area contributed by atoms with Gasteiger partial charge < -0.3 is 15.5 Å². The van der Waals surface area contributed by atoms with Gasteiger partial charge in [0.15, 0.2) is 11.7 Å². The van der Waals surface area contributed by atoms with E-state index in [2.05, 4.69) is 14.8 Å². The van der Waals surface area contributed by atoms with Crippen molar-refractivity contribution < 1.29 is 4.79 Å². The highest BCUT2D eigenvalue weighted by Gasteiger charge is 2.18. The monoisotopic (exact) mass is 288 g/mol. The average molecular weight is 288 g/mol. The van der Waals surface area contributed by atoms with Crippen molar-refractivity contribution >= 4 is 17.4 Å². The van der Waals surface area contributed by atoms with Crippen molar-refractivity contribution in [3.05, 3.63) is 29.8 Å². The van der Waals surface area contributed by atoms with Gasteiger partial charge in [0.25, 0.3) is 0 Å². The standard InChI is InChI=1S/C16H24N4O/c1-12(2)18-16(17)20-10-8-19(9-11-20)15-6-4-14(5-7-15)13(3)21/h4-7,12H,8-11H2,1-3H3,(H2,17,18). The lowest BCUT2D eigenvalue weighted by atomic mass is 10.1. The van der Waals surface area contributed by atoms with Gasteiger partial charge in [0.2, 0.25) is 0 Å². The summed E-state index contributed by atoms with van der Waals surface area (Å²) in [5, 5.41) is 0. The van der Waals surface area contributed by atoms with Crippen LogP contribution in [0.3, 0.4) is 0 Å². The van der Waals surface area contributed by atoms with Gasteiger partial charge in [-0.2, -0.15) is 0 Å². The summed E-state index contributed by atoms with van der Waals surface area (Å²) in [6.45, 7) is 9.21. The first-order chi connectivity index (χ1) is 9.97. The summed E-state index contributed by atoms with van der Waals surface area (Å²) in [5.41, 5.74) is 7.91. The maximum atomic E-state index is 11.3. The fourth-order valence-electron chi connectivity index (χ4n) is 2.45. The molecule has 1 aliphatic rings. The molecule has 1 fully saturated rings. The Bertz CT molecular complexity index is 514. The molecule has 114 valence electrons. The van der Waals surface area contributed by atoms with Crippen molar-refractivity contribution in [2.45, 2.75) is 26.8 Å². The zero-order chi connectivity index (χ0) is 15.4. The van der Waals surface area contributed by atoms with Crippen LogP contribution in [0.2, 0.25) is 0 Å². The Morgan fingerprint density at radius 3 is 2.19 bits per heavy atom. The predicted octanol–water partition coefficient (Wildman–Crippen LogP) is 1.73. The van der Waals surface area contributed by atoms with Crippen molar-refractivity contribution in [3.8, 4) is 0 Å². The second-order valence-electron chi connectivity index (χ2n) is 5.66. The molecule has 2 N–H and O–H groups in total. The molecule has 21 heavy (non-hydrogen) atoms. The molecule has 0 aliphatic carbocycles. The van der Waals surface area contributed by atoms with Gasteiger partial charge in [0.05, 0.1) is 0 Å². The third-order valence-electron chi connectivity index (χ3n) is 3.63. The number of benzene rings is 1. The fraction of sp³-hybridized carbons (Fsp3) is 0.500. The highest BCUT2D eigenvalue weighted by Crippen LogP contribution is 2.17. The van der Waals surface area contributed by atoms with Gasteiger partial charge in [-0.3, -0.25) is 9.79 Å². The average Bonchev–Trinajstić information content (AvgIpc) is 2.47. The van der Waals surface area contributed by atoms with Gasteiger partial charge in [0.1, 0.15) is 0 Å². The lowest BCUT2D eigenvalue weighted by molar-refractivity contribution is 0.101. The molecule has 1 aliphatic heterocycles. The lowest BCUT2D eigenvalue weighted by Gasteiger charge is -2.36. The van der Waals surface area contributed by atoms with Crippen molar-refractivity contribution in [2.75, 3.05) is 31.1 Å². The molecule has 1 saturated heterocycles. The Kier molecular flexibility index (Phi) is 4.83. The molecule has 0 unspecified atom stereocenters. The van der Waals surface area contributed by atoms with Crippen LogP contribution in [-0.2, 0) is 0 Å². The first-order valence-electron chi connectivity index (χ1n) is 7.41. The molecule has 0 saturated carbocycles. The van der Waals surface area contributed by atoms with Crippen LogP contribution in [0, 0.1) is 0 Å². The first kappa shape index (κ1) is 15.4. The Balaban J connectivity index is 1.96. The van der Waals surface area contributed by atoms with Gasteiger partial charge in [-0.15, -0.1) is 0 Å². The lowest BCUT2D eigenvalue weighted by Crippen LogP contribution is -2.51. The summed E-state index contributed by atoms with van der Waals surface area (Å²) in [6, 6.07) is 8.02. The van der Waals surface area contributed by atoms with Crippen LogP contribution in [0.4, 0.5) is 5.69 Å². The van der Waals surface area contributed by atoms with E-state index in [0.717, 1.165) is 37.4 Å². The van der Waals surface area contributed by atoms with E-state index in [9.17, 15) is 4.79 Å². The van der Waals surface area contributed by atoms with Crippen LogP contribution in [-0.4, -0.2) is 48.9 Å². The maximum absolute atomic E-state index is 11.3. The summed E-state index contributed by atoms with van der Waals surface area (Å²) in [7, 11) is 0. The number of ketones is 1. The van der Waals surface area contributed by atoms with Crippen molar-refractivity contribution in [2.24, 2.45) is 10.7 Å². The molecule has 0 aromatic heterocycles. The topological polar surface area (TPSA) is 61.9 Å². The normalized spacial score (nSPS) is 16.5. The van der Waals surface area contributed by atoms with E-state index in [1.165, 1.54) is 0 Å². The molecule has 1 heterocycles. The molecule has 5 nitrogen and oxygen atoms in total. The fourth-order valence-corrected chi connectivity index (χ4v) is 2.45. The SMILES string of the molecule is CC(=O)c1ccc(N2CCN(C(N)=NC(C)C)CC2)cc1. The number of carbonyl (C=O) groups excluding carboxylic acids is 1. The summed E-state index contributed by atoms with van der Waals surface area (Å²) in [6.07, 6.45) is 0. The van der Waals surface area contributed by atoms with E-state index in [1.807, 2.05) is 38.1 Å². The highest BCUT2D eigenvalue weighted by molar-refractivity contribution is 5.94. The molecule has 0 bridgehead atoms. The minimum atomic E-state index is 0.101. The summed E-state index contributed by atoms with van der Waals surface area (Å²) < 4.78 is 0. The van der Waals surface area contributed by atoms with Crippen molar-refractivity contribution in [3.63, 3.8) is 0 Å². The number of nitrogens with zero attached hydrogens (tertiary/aromatic N) is 3. The number of piperazine rings is 1. The number of hydrogen-bond acceptors (Lipinski definition) is 3. The van der Waals surface area contributed by atoms with E-state index in [1.54, 1.807) is 6.92 Å². The highest BCUT2D eigenvalue weighted by atomic mass is 16.1. The minimum Gasteiger partial charge on any atom is -0.370 e. The van der Waals surface area contributed by atoms with Gasteiger partial charge in [-0.1, -0.05) is 0 Å². The smallest absolute Gasteiger partial charge is 0.191 e. The molecular weight excluding hydrogens is 264 g/mol. The van der Waals surface area contributed by atoms with Crippen molar-refractivity contribution in [1.82, 2.24) is 4.90 Å². The van der Waals surface area contributed by atoms with Crippen LogP contribution in [0.25, 0.3) is 0 Å². The Morgan fingerprint density at radius 1 is 1.14 bits per heavy atom. The zero-order valence-electron chi connectivity index (χ0n) is 13.0. The van der Waals surface area contributed by atoms with E-state index in [-0.39, 0.29) is 11.8 Å². The third-order valence-corrected chi connectivity index (χ3v) is 3.63. The van der Waals surface area contributed by atoms with Gasteiger partial charge in [-0.05, 0) is 45.0 Å². The molecule has 5 heteroatoms. The molecule has 0 spiro atoms. The Hall–Kier alpha value is -2.04. The van der Waals surface area contributed by atoms with Crippen LogP contribution in [0.5, 0.6) is 0 Å². The van der Waals surface area contributed by atoms with E-state index in [4.69, 9.17) is 5.73 Å². The second kappa shape index (κ2) is 6.61. The van der Waals surface area contributed by atoms with Crippen LogP contribution in [0.1, 0.15) is 31.1 Å². The van der Waals surface area contributed by atoms with Gasteiger partial charge in [0, 0.05) is 43.5 Å². The largest absolute Gasteiger partial charge is 0.370 e. The number of anilines is 1. The minimum absolute atomic E-state index is 0.101. The van der Waals surface area contributed by atoms with E-state index < -0.39 is 0 Å². The van der Waals surface area contributed by atoms with Gasteiger partial charge in [-0.25, -0.2) is 0 Å². The van der Waals surface area contributed by atoms with Crippen LogP contribution < -0.4 is 10.6 Å². The molecule has 0 radical (unpaired) electrons. The quantitative estimate of drug-likeness (QED) is 0.523. The Labute approximate surface area is 126 Å². The maximum Gasteiger partial charge on any atom is 0.191 e. The molecule has 0 amide bonds. The molecule has 1 aromatic carbocycles. The summed E-state index contributed by atoms with van der Waals surface area (Å²) in [4.78, 5) is 20.1. The number of rotatable bonds is 3. The molecule has 0 atom stereocenters.